The van der Waals surface area contributed by atoms with Gasteiger partial charge in [-0.1, -0.05) is 54.6 Å². The third-order valence-electron chi connectivity index (χ3n) is 3.98. The van der Waals surface area contributed by atoms with E-state index in [4.69, 9.17) is 0 Å². The summed E-state index contributed by atoms with van der Waals surface area (Å²) in [6.45, 7) is 3.29. The summed E-state index contributed by atoms with van der Waals surface area (Å²) in [6, 6.07) is 18.2. The van der Waals surface area contributed by atoms with Crippen molar-refractivity contribution in [3.63, 3.8) is 0 Å². The first-order valence-corrected chi connectivity index (χ1v) is 8.27. The molecule has 0 aliphatic heterocycles. The summed E-state index contributed by atoms with van der Waals surface area (Å²) < 4.78 is 1.86. The van der Waals surface area contributed by atoms with Crippen molar-refractivity contribution < 1.29 is 4.79 Å². The topological polar surface area (TPSA) is 46.9 Å². The van der Waals surface area contributed by atoms with Gasteiger partial charge in [-0.05, 0) is 29.7 Å². The molecule has 0 bridgehead atoms. The minimum atomic E-state index is -0.112. The number of aryl methyl sites for hydroxylation is 1. The van der Waals surface area contributed by atoms with Gasteiger partial charge in [-0.25, -0.2) is 0 Å². The Balaban J connectivity index is 1.53. The van der Waals surface area contributed by atoms with E-state index in [9.17, 15) is 4.79 Å². The number of benzene rings is 2. The highest BCUT2D eigenvalue weighted by Crippen LogP contribution is 2.07. The Morgan fingerprint density at radius 1 is 1.12 bits per heavy atom. The van der Waals surface area contributed by atoms with Gasteiger partial charge in [0.2, 0.25) is 5.91 Å². The summed E-state index contributed by atoms with van der Waals surface area (Å²) in [5.41, 5.74) is 4.40. The number of aromatic nitrogens is 2. The Morgan fingerprint density at radius 2 is 1.88 bits per heavy atom. The molecule has 1 amide bonds. The fourth-order valence-electron chi connectivity index (χ4n) is 2.54. The summed E-state index contributed by atoms with van der Waals surface area (Å²) in [6.07, 6.45) is 7.01. The van der Waals surface area contributed by atoms with Crippen molar-refractivity contribution in [2.75, 3.05) is 0 Å². The SMILES string of the molecule is Cc1ccccc1CNC(=O)/C=C/c1cnn(Cc2ccccc2)c1. The van der Waals surface area contributed by atoms with Crippen LogP contribution in [0.25, 0.3) is 6.08 Å². The predicted octanol–water partition coefficient (Wildman–Crippen LogP) is 3.57. The van der Waals surface area contributed by atoms with Gasteiger partial charge in [-0.3, -0.25) is 9.48 Å². The third kappa shape index (κ3) is 4.91. The van der Waals surface area contributed by atoms with E-state index in [2.05, 4.69) is 22.5 Å². The minimum absolute atomic E-state index is 0.112. The maximum absolute atomic E-state index is 12.0. The highest BCUT2D eigenvalue weighted by Gasteiger charge is 2.01. The lowest BCUT2D eigenvalue weighted by atomic mass is 10.1. The van der Waals surface area contributed by atoms with E-state index in [1.54, 1.807) is 18.3 Å². The quantitative estimate of drug-likeness (QED) is 0.702. The molecule has 0 atom stereocenters. The highest BCUT2D eigenvalue weighted by molar-refractivity contribution is 5.91. The molecule has 0 unspecified atom stereocenters. The number of carbonyl (C=O) groups excluding carboxylic acids is 1. The first-order chi connectivity index (χ1) is 12.2. The zero-order valence-corrected chi connectivity index (χ0v) is 14.2. The third-order valence-corrected chi connectivity index (χ3v) is 3.98. The van der Waals surface area contributed by atoms with Gasteiger partial charge in [0.15, 0.2) is 0 Å². The van der Waals surface area contributed by atoms with E-state index >= 15 is 0 Å². The van der Waals surface area contributed by atoms with Gasteiger partial charge in [0.05, 0.1) is 12.7 Å². The zero-order valence-electron chi connectivity index (χ0n) is 14.2. The number of nitrogens with one attached hydrogen (secondary N) is 1. The molecule has 0 fully saturated rings. The normalized spacial score (nSPS) is 10.9. The van der Waals surface area contributed by atoms with Gasteiger partial charge in [-0.2, -0.15) is 5.10 Å². The van der Waals surface area contributed by atoms with Gasteiger partial charge >= 0.3 is 0 Å². The molecule has 1 heterocycles. The van der Waals surface area contributed by atoms with Crippen molar-refractivity contribution in [3.8, 4) is 0 Å². The van der Waals surface area contributed by atoms with Crippen LogP contribution in [-0.2, 0) is 17.9 Å². The Kier molecular flexibility index (Phi) is 5.42. The Morgan fingerprint density at radius 3 is 2.68 bits per heavy atom. The van der Waals surface area contributed by atoms with Crippen LogP contribution in [0, 0.1) is 6.92 Å². The molecule has 0 saturated heterocycles. The second-order valence-electron chi connectivity index (χ2n) is 5.93. The number of carbonyl (C=O) groups is 1. The highest BCUT2D eigenvalue weighted by atomic mass is 16.1. The van der Waals surface area contributed by atoms with Crippen LogP contribution in [0.2, 0.25) is 0 Å². The first-order valence-electron chi connectivity index (χ1n) is 8.27. The molecule has 25 heavy (non-hydrogen) atoms. The Bertz CT molecular complexity index is 866. The molecule has 0 aliphatic carbocycles. The molecule has 1 N–H and O–H groups in total. The fraction of sp³-hybridized carbons (Fsp3) is 0.143. The molecule has 0 aliphatic rings. The van der Waals surface area contributed by atoms with Crippen LogP contribution in [0.4, 0.5) is 0 Å². The predicted molar refractivity (Wildman–Crippen MR) is 99.8 cm³/mol. The van der Waals surface area contributed by atoms with E-state index in [1.165, 1.54) is 11.1 Å². The van der Waals surface area contributed by atoms with Crippen LogP contribution in [-0.4, -0.2) is 15.7 Å². The monoisotopic (exact) mass is 331 g/mol. The Hall–Kier alpha value is -3.14. The summed E-state index contributed by atoms with van der Waals surface area (Å²) in [5.74, 6) is -0.112. The zero-order chi connectivity index (χ0) is 17.5. The van der Waals surface area contributed by atoms with Gasteiger partial charge in [0.25, 0.3) is 0 Å². The smallest absolute Gasteiger partial charge is 0.244 e. The molecular formula is C21H21N3O. The molecule has 3 rings (SSSR count). The molecule has 4 nitrogen and oxygen atoms in total. The maximum atomic E-state index is 12.0. The lowest BCUT2D eigenvalue weighted by Gasteiger charge is -2.05. The Labute approximate surface area is 147 Å². The molecular weight excluding hydrogens is 310 g/mol. The molecule has 0 radical (unpaired) electrons. The van der Waals surface area contributed by atoms with Gasteiger partial charge in [0, 0.05) is 24.4 Å². The van der Waals surface area contributed by atoms with Crippen LogP contribution in [0.3, 0.4) is 0 Å². The van der Waals surface area contributed by atoms with Crippen LogP contribution in [0.1, 0.15) is 22.3 Å². The van der Waals surface area contributed by atoms with E-state index in [0.717, 1.165) is 11.1 Å². The van der Waals surface area contributed by atoms with Crippen LogP contribution in [0.15, 0.2) is 73.1 Å². The van der Waals surface area contributed by atoms with E-state index in [1.807, 2.05) is 60.3 Å². The molecule has 0 spiro atoms. The molecule has 2 aromatic carbocycles. The number of hydrogen-bond donors (Lipinski definition) is 1. The first kappa shape index (κ1) is 16.7. The van der Waals surface area contributed by atoms with Gasteiger partial charge < -0.3 is 5.32 Å². The van der Waals surface area contributed by atoms with Crippen molar-refractivity contribution in [1.82, 2.24) is 15.1 Å². The number of hydrogen-bond acceptors (Lipinski definition) is 2. The van der Waals surface area contributed by atoms with Crippen molar-refractivity contribution in [2.24, 2.45) is 0 Å². The van der Waals surface area contributed by atoms with Crippen LogP contribution in [0.5, 0.6) is 0 Å². The van der Waals surface area contributed by atoms with Crippen LogP contribution >= 0.6 is 0 Å². The van der Waals surface area contributed by atoms with E-state index in [0.29, 0.717) is 13.1 Å². The van der Waals surface area contributed by atoms with E-state index in [-0.39, 0.29) is 5.91 Å². The summed E-state index contributed by atoms with van der Waals surface area (Å²) in [7, 11) is 0. The second kappa shape index (κ2) is 8.11. The van der Waals surface area contributed by atoms with Crippen molar-refractivity contribution >= 4 is 12.0 Å². The summed E-state index contributed by atoms with van der Waals surface area (Å²) >= 11 is 0. The largest absolute Gasteiger partial charge is 0.348 e. The standard InChI is InChI=1S/C21H21N3O/c1-17-7-5-6-10-20(17)14-22-21(25)12-11-19-13-23-24(16-19)15-18-8-3-2-4-9-18/h2-13,16H,14-15H2,1H3,(H,22,25)/b12-11+. The summed E-state index contributed by atoms with van der Waals surface area (Å²) in [5, 5.41) is 7.23. The number of amides is 1. The lowest BCUT2D eigenvalue weighted by Crippen LogP contribution is -2.20. The molecule has 3 aromatic rings. The second-order valence-corrected chi connectivity index (χ2v) is 5.93. The maximum Gasteiger partial charge on any atom is 0.244 e. The summed E-state index contributed by atoms with van der Waals surface area (Å²) in [4.78, 5) is 12.0. The van der Waals surface area contributed by atoms with Crippen molar-refractivity contribution in [2.45, 2.75) is 20.0 Å². The minimum Gasteiger partial charge on any atom is -0.348 e. The molecule has 4 heteroatoms. The van der Waals surface area contributed by atoms with E-state index < -0.39 is 0 Å². The average molecular weight is 331 g/mol. The van der Waals surface area contributed by atoms with Gasteiger partial charge in [-0.15, -0.1) is 0 Å². The average Bonchev–Trinajstić information content (AvgIpc) is 3.07. The molecule has 126 valence electrons. The fourth-order valence-corrected chi connectivity index (χ4v) is 2.54. The van der Waals surface area contributed by atoms with Crippen LogP contribution < -0.4 is 5.32 Å². The number of rotatable bonds is 6. The van der Waals surface area contributed by atoms with Gasteiger partial charge in [0.1, 0.15) is 0 Å². The van der Waals surface area contributed by atoms with Crippen molar-refractivity contribution in [3.05, 3.63) is 95.3 Å². The molecule has 1 aromatic heterocycles. The lowest BCUT2D eigenvalue weighted by molar-refractivity contribution is -0.116. The number of nitrogens with zero attached hydrogens (tertiary/aromatic N) is 2. The molecule has 0 saturated carbocycles. The van der Waals surface area contributed by atoms with Crippen molar-refractivity contribution in [1.29, 1.82) is 0 Å².